The van der Waals surface area contributed by atoms with Crippen molar-refractivity contribution in [3.05, 3.63) is 77.4 Å². The first-order chi connectivity index (χ1) is 15.6. The Hall–Kier alpha value is -3.85. The summed E-state index contributed by atoms with van der Waals surface area (Å²) in [4.78, 5) is 24.2. The molecule has 0 saturated heterocycles. The van der Waals surface area contributed by atoms with E-state index in [0.717, 1.165) is 5.56 Å². The van der Waals surface area contributed by atoms with Gasteiger partial charge >= 0.3 is 0 Å². The van der Waals surface area contributed by atoms with Gasteiger partial charge in [0.1, 0.15) is 5.75 Å². The van der Waals surface area contributed by atoms with E-state index in [2.05, 4.69) is 15.4 Å². The lowest BCUT2D eigenvalue weighted by molar-refractivity contribution is -0.114. The Morgan fingerprint density at radius 2 is 1.52 bits per heavy atom. The number of rotatable bonds is 7. The molecule has 8 nitrogen and oxygen atoms in total. The molecule has 3 aromatic carbocycles. The van der Waals surface area contributed by atoms with Crippen LogP contribution in [0.1, 0.15) is 28.4 Å². The van der Waals surface area contributed by atoms with E-state index in [0.29, 0.717) is 33.9 Å². The van der Waals surface area contributed by atoms with Gasteiger partial charge in [-0.2, -0.15) is 0 Å². The Morgan fingerprint density at radius 3 is 2.15 bits per heavy atom. The van der Waals surface area contributed by atoms with Crippen molar-refractivity contribution in [2.45, 2.75) is 25.7 Å². The molecule has 0 heterocycles. The highest BCUT2D eigenvalue weighted by atomic mass is 32.2. The summed E-state index contributed by atoms with van der Waals surface area (Å²) in [5.41, 5.74) is 3.05. The molecule has 0 saturated carbocycles. The van der Waals surface area contributed by atoms with Crippen molar-refractivity contribution < 1.29 is 22.7 Å². The van der Waals surface area contributed by atoms with Crippen LogP contribution >= 0.6 is 0 Å². The van der Waals surface area contributed by atoms with Crippen LogP contribution in [0.25, 0.3) is 0 Å². The van der Waals surface area contributed by atoms with Crippen molar-refractivity contribution in [2.75, 3.05) is 22.5 Å². The molecule has 0 radical (unpaired) electrons. The van der Waals surface area contributed by atoms with Gasteiger partial charge in [0.05, 0.1) is 17.7 Å². The molecule has 0 unspecified atom stereocenters. The fourth-order valence-electron chi connectivity index (χ4n) is 3.17. The van der Waals surface area contributed by atoms with Gasteiger partial charge in [0.15, 0.2) is 0 Å². The minimum Gasteiger partial charge on any atom is -0.495 e. The quantitative estimate of drug-likeness (QED) is 0.479. The average molecular weight is 468 g/mol. The Bertz CT molecular complexity index is 1300. The van der Waals surface area contributed by atoms with Gasteiger partial charge in [-0.15, -0.1) is 0 Å². The lowest BCUT2D eigenvalue weighted by Crippen LogP contribution is -2.15. The molecule has 0 atom stereocenters. The van der Waals surface area contributed by atoms with Crippen LogP contribution in [-0.4, -0.2) is 27.3 Å². The summed E-state index contributed by atoms with van der Waals surface area (Å²) in [6.07, 6.45) is 0. The Balaban J connectivity index is 1.74. The third-order valence-electron chi connectivity index (χ3n) is 4.80. The number of methoxy groups -OCH3 is 1. The maximum atomic E-state index is 12.8. The molecule has 0 spiro atoms. The minimum absolute atomic E-state index is 0.207. The minimum atomic E-state index is -3.77. The molecule has 3 rings (SSSR count). The molecule has 33 heavy (non-hydrogen) atoms. The maximum absolute atomic E-state index is 12.8. The number of carbonyl (C=O) groups is 2. The van der Waals surface area contributed by atoms with Gasteiger partial charge < -0.3 is 15.4 Å². The Kier molecular flexibility index (Phi) is 7.03. The second-order valence-electron chi connectivity index (χ2n) is 7.50. The van der Waals surface area contributed by atoms with E-state index in [1.165, 1.54) is 38.3 Å². The van der Waals surface area contributed by atoms with E-state index < -0.39 is 15.9 Å². The van der Waals surface area contributed by atoms with Gasteiger partial charge in [0.25, 0.3) is 15.9 Å². The first-order valence-electron chi connectivity index (χ1n) is 10.1. The Morgan fingerprint density at radius 1 is 0.848 bits per heavy atom. The predicted octanol–water partition coefficient (Wildman–Crippen LogP) is 4.32. The maximum Gasteiger partial charge on any atom is 0.262 e. The summed E-state index contributed by atoms with van der Waals surface area (Å²) >= 11 is 0. The third-order valence-corrected chi connectivity index (χ3v) is 6.32. The van der Waals surface area contributed by atoms with Crippen LogP contribution in [0.2, 0.25) is 0 Å². The fraction of sp³-hybridized carbons (Fsp3) is 0.167. The highest BCUT2D eigenvalue weighted by Crippen LogP contribution is 2.28. The molecule has 0 aliphatic heterocycles. The van der Waals surface area contributed by atoms with E-state index in [9.17, 15) is 18.0 Å². The molecule has 3 aromatic rings. The van der Waals surface area contributed by atoms with E-state index in [-0.39, 0.29) is 10.8 Å². The number of anilines is 3. The van der Waals surface area contributed by atoms with Crippen LogP contribution in [0.4, 0.5) is 17.1 Å². The summed E-state index contributed by atoms with van der Waals surface area (Å²) in [6.45, 7) is 4.94. The van der Waals surface area contributed by atoms with Crippen molar-refractivity contribution in [1.82, 2.24) is 0 Å². The van der Waals surface area contributed by atoms with Gasteiger partial charge in [-0.3, -0.25) is 14.3 Å². The number of hydrogen-bond acceptors (Lipinski definition) is 5. The highest BCUT2D eigenvalue weighted by molar-refractivity contribution is 7.92. The lowest BCUT2D eigenvalue weighted by Gasteiger charge is -2.13. The topological polar surface area (TPSA) is 114 Å². The molecule has 0 aliphatic rings. The van der Waals surface area contributed by atoms with E-state index in [4.69, 9.17) is 4.74 Å². The molecule has 9 heteroatoms. The van der Waals surface area contributed by atoms with Crippen molar-refractivity contribution >= 4 is 38.9 Å². The Labute approximate surface area is 193 Å². The van der Waals surface area contributed by atoms with E-state index in [1.54, 1.807) is 37.3 Å². The first-order valence-corrected chi connectivity index (χ1v) is 11.5. The van der Waals surface area contributed by atoms with Crippen LogP contribution in [0, 0.1) is 13.8 Å². The number of aryl methyl sites for hydroxylation is 2. The summed E-state index contributed by atoms with van der Waals surface area (Å²) in [6, 6.07) is 16.2. The van der Waals surface area contributed by atoms with Crippen LogP contribution in [0.15, 0.2) is 65.6 Å². The standard InChI is InChI=1S/C24H25N3O5S/c1-15-5-6-16(2)23(13-15)33(30,31)27-19-9-7-18(8-10-19)24(29)26-20-11-12-22(32-4)21(14-20)25-17(3)28/h5-14,27H,1-4H3,(H,25,28)(H,26,29). The molecule has 172 valence electrons. The second-order valence-corrected chi connectivity index (χ2v) is 9.15. The normalized spacial score (nSPS) is 10.9. The van der Waals surface area contributed by atoms with Crippen molar-refractivity contribution in [2.24, 2.45) is 0 Å². The molecule has 2 amide bonds. The summed E-state index contributed by atoms with van der Waals surface area (Å²) < 4.78 is 33.3. The fourth-order valence-corrected chi connectivity index (χ4v) is 4.56. The molecule has 0 aromatic heterocycles. The summed E-state index contributed by atoms with van der Waals surface area (Å²) in [5.74, 6) is -0.197. The monoisotopic (exact) mass is 467 g/mol. The van der Waals surface area contributed by atoms with Gasteiger partial charge in [-0.25, -0.2) is 8.42 Å². The largest absolute Gasteiger partial charge is 0.495 e. The lowest BCUT2D eigenvalue weighted by atomic mass is 10.2. The first kappa shape index (κ1) is 23.8. The zero-order valence-corrected chi connectivity index (χ0v) is 19.5. The zero-order valence-electron chi connectivity index (χ0n) is 18.7. The van der Waals surface area contributed by atoms with Gasteiger partial charge in [-0.05, 0) is 73.5 Å². The predicted molar refractivity (Wildman–Crippen MR) is 128 cm³/mol. The summed E-state index contributed by atoms with van der Waals surface area (Å²) in [7, 11) is -2.29. The molecule has 3 N–H and O–H groups in total. The van der Waals surface area contributed by atoms with Crippen LogP contribution in [-0.2, 0) is 14.8 Å². The third kappa shape index (κ3) is 5.89. The number of sulfonamides is 1. The average Bonchev–Trinajstić information content (AvgIpc) is 2.75. The van der Waals surface area contributed by atoms with Gasteiger partial charge in [0.2, 0.25) is 5.91 Å². The number of hydrogen-bond donors (Lipinski definition) is 3. The number of ether oxygens (including phenoxy) is 1. The number of amides is 2. The van der Waals surface area contributed by atoms with Crippen molar-refractivity contribution in [1.29, 1.82) is 0 Å². The van der Waals surface area contributed by atoms with Crippen molar-refractivity contribution in [3.63, 3.8) is 0 Å². The smallest absolute Gasteiger partial charge is 0.262 e. The summed E-state index contributed by atoms with van der Waals surface area (Å²) in [5, 5.41) is 5.39. The van der Waals surface area contributed by atoms with Crippen LogP contribution < -0.4 is 20.1 Å². The molecule has 0 bridgehead atoms. The molecule has 0 aliphatic carbocycles. The van der Waals surface area contributed by atoms with E-state index >= 15 is 0 Å². The molecule has 0 fully saturated rings. The number of nitrogens with one attached hydrogen (secondary N) is 3. The molecular weight excluding hydrogens is 442 g/mol. The second kappa shape index (κ2) is 9.74. The van der Waals surface area contributed by atoms with Crippen LogP contribution in [0.3, 0.4) is 0 Å². The molecular formula is C24H25N3O5S. The highest BCUT2D eigenvalue weighted by Gasteiger charge is 2.17. The van der Waals surface area contributed by atoms with Crippen LogP contribution in [0.5, 0.6) is 5.75 Å². The van der Waals surface area contributed by atoms with Crippen molar-refractivity contribution in [3.8, 4) is 5.75 Å². The van der Waals surface area contributed by atoms with Gasteiger partial charge in [0, 0.05) is 23.9 Å². The van der Waals surface area contributed by atoms with E-state index in [1.807, 2.05) is 13.0 Å². The number of carbonyl (C=O) groups excluding carboxylic acids is 2. The number of benzene rings is 3. The zero-order chi connectivity index (χ0) is 24.2. The SMILES string of the molecule is COc1ccc(NC(=O)c2ccc(NS(=O)(=O)c3cc(C)ccc3C)cc2)cc1NC(C)=O. The van der Waals surface area contributed by atoms with Gasteiger partial charge in [-0.1, -0.05) is 12.1 Å².